The second-order valence-corrected chi connectivity index (χ2v) is 5.23. The van der Waals surface area contributed by atoms with Crippen LogP contribution in [0, 0.1) is 34.6 Å². The van der Waals surface area contributed by atoms with Crippen molar-refractivity contribution in [2.45, 2.75) is 109 Å². The molecule has 132 valence electrons. The van der Waals surface area contributed by atoms with Gasteiger partial charge in [-0.05, 0) is 80.3 Å². The molecular weight excluding hydrogens is 264 g/mol. The Morgan fingerprint density at radius 2 is 0.864 bits per heavy atom. The molecule has 0 saturated heterocycles. The second kappa shape index (κ2) is 15.1. The van der Waals surface area contributed by atoms with Gasteiger partial charge in [0.05, 0.1) is 0 Å². The molecule has 0 saturated carbocycles. The lowest BCUT2D eigenvalue weighted by atomic mass is 9.82. The van der Waals surface area contributed by atoms with Crippen LogP contribution in [-0.4, -0.2) is 0 Å². The Labute approximate surface area is 142 Å². The molecule has 0 spiro atoms. The summed E-state index contributed by atoms with van der Waals surface area (Å²) < 4.78 is 0. The smallest absolute Gasteiger partial charge is 0.0185 e. The van der Waals surface area contributed by atoms with Crippen molar-refractivity contribution >= 4 is 0 Å². The highest BCUT2D eigenvalue weighted by Gasteiger charge is 2.16. The van der Waals surface area contributed by atoms with Crippen LogP contribution in [0.1, 0.15) is 108 Å². The molecule has 0 aliphatic rings. The largest absolute Gasteiger partial charge is 0.0683 e. The summed E-state index contributed by atoms with van der Waals surface area (Å²) in [6.07, 6.45) is 2.57. The lowest BCUT2D eigenvalue weighted by molar-refractivity contribution is 0.656. The minimum atomic E-state index is 0.697. The zero-order valence-corrected chi connectivity index (χ0v) is 18.0. The van der Waals surface area contributed by atoms with Crippen molar-refractivity contribution in [2.24, 2.45) is 0 Å². The van der Waals surface area contributed by atoms with E-state index in [2.05, 4.69) is 48.5 Å². The van der Waals surface area contributed by atoms with Gasteiger partial charge in [-0.15, -0.1) is 0 Å². The third-order valence-electron chi connectivity index (χ3n) is 4.27. The Kier molecular flexibility index (Phi) is 18.0. The van der Waals surface area contributed by atoms with E-state index in [1.165, 1.54) is 40.7 Å². The first-order valence-electron chi connectivity index (χ1n) is 9.48. The molecule has 1 atom stereocenters. The Balaban J connectivity index is -0.000000535. The highest BCUT2D eigenvalue weighted by Crippen LogP contribution is 2.33. The van der Waals surface area contributed by atoms with Crippen LogP contribution < -0.4 is 0 Å². The van der Waals surface area contributed by atoms with E-state index < -0.39 is 0 Å². The van der Waals surface area contributed by atoms with Gasteiger partial charge in [-0.1, -0.05) is 61.8 Å². The standard InChI is InChI=1S/C16H26.3C2H6/c1-8-9-10(2)16-14(6)12(4)11(3)13(5)15(16)7;3*1-2/h10H,8-9H2,1-7H3;3*1-2H3. The van der Waals surface area contributed by atoms with Gasteiger partial charge in [0.2, 0.25) is 0 Å². The maximum Gasteiger partial charge on any atom is -0.0185 e. The molecule has 0 radical (unpaired) electrons. The quantitative estimate of drug-likeness (QED) is 0.527. The summed E-state index contributed by atoms with van der Waals surface area (Å²) >= 11 is 0. The molecule has 1 aromatic rings. The molecule has 22 heavy (non-hydrogen) atoms. The van der Waals surface area contributed by atoms with Gasteiger partial charge in [0.1, 0.15) is 0 Å². The van der Waals surface area contributed by atoms with Gasteiger partial charge in [-0.25, -0.2) is 0 Å². The number of hydrogen-bond donors (Lipinski definition) is 0. The van der Waals surface area contributed by atoms with Crippen LogP contribution in [0.5, 0.6) is 0 Å². The monoisotopic (exact) mass is 308 g/mol. The highest BCUT2D eigenvalue weighted by atomic mass is 14.2. The summed E-state index contributed by atoms with van der Waals surface area (Å²) in [7, 11) is 0. The van der Waals surface area contributed by atoms with Gasteiger partial charge in [0.15, 0.2) is 0 Å². The summed E-state index contributed by atoms with van der Waals surface area (Å²) in [5, 5.41) is 0. The van der Waals surface area contributed by atoms with E-state index >= 15 is 0 Å². The summed E-state index contributed by atoms with van der Waals surface area (Å²) in [6.45, 7) is 28.0. The average Bonchev–Trinajstić information content (AvgIpc) is 2.57. The van der Waals surface area contributed by atoms with E-state index in [9.17, 15) is 0 Å². The van der Waals surface area contributed by atoms with Crippen molar-refractivity contribution in [3.8, 4) is 0 Å². The predicted molar refractivity (Wildman–Crippen MR) is 107 cm³/mol. The molecular formula is C22H44. The van der Waals surface area contributed by atoms with E-state index in [1.54, 1.807) is 5.56 Å². The lowest BCUT2D eigenvalue weighted by Crippen LogP contribution is -2.06. The molecule has 0 aliphatic heterocycles. The SMILES string of the molecule is CC.CC.CC.CCCC(C)c1c(C)c(C)c(C)c(C)c1C. The molecule has 0 heterocycles. The van der Waals surface area contributed by atoms with E-state index in [4.69, 9.17) is 0 Å². The first-order valence-corrected chi connectivity index (χ1v) is 9.48. The Bertz CT molecular complexity index is 357. The van der Waals surface area contributed by atoms with E-state index in [1.807, 2.05) is 41.5 Å². The van der Waals surface area contributed by atoms with Crippen LogP contribution >= 0.6 is 0 Å². The fraction of sp³-hybridized carbons (Fsp3) is 0.727. The molecule has 1 unspecified atom stereocenters. The molecule has 0 aliphatic carbocycles. The molecule has 0 nitrogen and oxygen atoms in total. The topological polar surface area (TPSA) is 0 Å². The Morgan fingerprint density at radius 3 is 1.14 bits per heavy atom. The van der Waals surface area contributed by atoms with Gasteiger partial charge in [-0.3, -0.25) is 0 Å². The van der Waals surface area contributed by atoms with Gasteiger partial charge < -0.3 is 0 Å². The van der Waals surface area contributed by atoms with E-state index in [0.717, 1.165) is 0 Å². The van der Waals surface area contributed by atoms with Gasteiger partial charge in [-0.2, -0.15) is 0 Å². The minimum Gasteiger partial charge on any atom is -0.0683 e. The summed E-state index contributed by atoms with van der Waals surface area (Å²) in [5.41, 5.74) is 9.08. The van der Waals surface area contributed by atoms with Crippen molar-refractivity contribution in [1.29, 1.82) is 0 Å². The molecule has 0 N–H and O–H groups in total. The molecule has 0 fully saturated rings. The summed E-state index contributed by atoms with van der Waals surface area (Å²) in [4.78, 5) is 0. The fourth-order valence-corrected chi connectivity index (χ4v) is 2.85. The maximum absolute atomic E-state index is 2.37. The predicted octanol–water partition coefficient (Wildman–Crippen LogP) is 8.21. The van der Waals surface area contributed by atoms with Crippen molar-refractivity contribution in [2.75, 3.05) is 0 Å². The molecule has 1 rings (SSSR count). The zero-order chi connectivity index (χ0) is 18.5. The third kappa shape index (κ3) is 6.99. The van der Waals surface area contributed by atoms with Crippen molar-refractivity contribution < 1.29 is 0 Å². The summed E-state index contributed by atoms with van der Waals surface area (Å²) in [6, 6.07) is 0. The lowest BCUT2D eigenvalue weighted by Gasteiger charge is -2.23. The number of rotatable bonds is 3. The minimum absolute atomic E-state index is 0.697. The van der Waals surface area contributed by atoms with Crippen molar-refractivity contribution in [1.82, 2.24) is 0 Å². The van der Waals surface area contributed by atoms with Crippen molar-refractivity contribution in [3.63, 3.8) is 0 Å². The number of hydrogen-bond acceptors (Lipinski definition) is 0. The molecule has 1 aromatic carbocycles. The van der Waals surface area contributed by atoms with Crippen LogP contribution in [0.3, 0.4) is 0 Å². The average molecular weight is 309 g/mol. The highest BCUT2D eigenvalue weighted by molar-refractivity contribution is 5.50. The van der Waals surface area contributed by atoms with E-state index in [-0.39, 0.29) is 0 Å². The van der Waals surface area contributed by atoms with E-state index in [0.29, 0.717) is 5.92 Å². The van der Waals surface area contributed by atoms with Gasteiger partial charge in [0.25, 0.3) is 0 Å². The van der Waals surface area contributed by atoms with Crippen LogP contribution in [0.4, 0.5) is 0 Å². The van der Waals surface area contributed by atoms with Crippen LogP contribution in [0.25, 0.3) is 0 Å². The molecule has 0 heteroatoms. The summed E-state index contributed by atoms with van der Waals surface area (Å²) in [5.74, 6) is 0.697. The second-order valence-electron chi connectivity index (χ2n) is 5.23. The van der Waals surface area contributed by atoms with Crippen LogP contribution in [0.2, 0.25) is 0 Å². The van der Waals surface area contributed by atoms with Gasteiger partial charge >= 0.3 is 0 Å². The Hall–Kier alpha value is -0.780. The molecule has 0 aromatic heterocycles. The maximum atomic E-state index is 2.37. The molecule has 0 amide bonds. The normalized spacial score (nSPS) is 10.2. The van der Waals surface area contributed by atoms with Gasteiger partial charge in [0, 0.05) is 0 Å². The first-order chi connectivity index (χ1) is 10.4. The number of benzene rings is 1. The molecule has 0 bridgehead atoms. The zero-order valence-electron chi connectivity index (χ0n) is 18.0. The third-order valence-corrected chi connectivity index (χ3v) is 4.27. The van der Waals surface area contributed by atoms with Crippen LogP contribution in [-0.2, 0) is 0 Å². The first kappa shape index (κ1) is 26.1. The fourth-order valence-electron chi connectivity index (χ4n) is 2.85. The van der Waals surface area contributed by atoms with Crippen LogP contribution in [0.15, 0.2) is 0 Å². The Morgan fingerprint density at radius 1 is 0.591 bits per heavy atom. The van der Waals surface area contributed by atoms with Crippen molar-refractivity contribution in [3.05, 3.63) is 33.4 Å².